The Hall–Kier alpha value is -1.63. The molecule has 0 aliphatic heterocycles. The zero-order valence-corrected chi connectivity index (χ0v) is 14.8. The molecular weight excluding hydrogens is 312 g/mol. The highest BCUT2D eigenvalue weighted by atomic mass is 32.1. The van der Waals surface area contributed by atoms with Crippen molar-refractivity contribution in [1.82, 2.24) is 20.9 Å². The smallest absolute Gasteiger partial charge is 0.315 e. The van der Waals surface area contributed by atoms with Crippen LogP contribution in [0.25, 0.3) is 0 Å². The van der Waals surface area contributed by atoms with E-state index >= 15 is 0 Å². The SMILES string of the molecule is CNC(=O)[C@@H]1CCCC[C@H]1NC(=O)NC[C@H](C)c1ncc(C)s1. The van der Waals surface area contributed by atoms with E-state index in [0.717, 1.165) is 30.7 Å². The zero-order valence-electron chi connectivity index (χ0n) is 14.0. The Bertz CT molecular complexity index is 546. The summed E-state index contributed by atoms with van der Waals surface area (Å²) >= 11 is 1.65. The number of thiazole rings is 1. The zero-order chi connectivity index (χ0) is 16.8. The van der Waals surface area contributed by atoms with Gasteiger partial charge in [-0.3, -0.25) is 4.79 Å². The molecule has 0 radical (unpaired) electrons. The van der Waals surface area contributed by atoms with Crippen molar-refractivity contribution in [2.24, 2.45) is 5.92 Å². The molecule has 1 aliphatic carbocycles. The highest BCUT2D eigenvalue weighted by molar-refractivity contribution is 7.11. The summed E-state index contributed by atoms with van der Waals surface area (Å²) in [7, 11) is 1.64. The van der Waals surface area contributed by atoms with Gasteiger partial charge in [-0.25, -0.2) is 9.78 Å². The molecule has 1 saturated carbocycles. The second kappa shape index (κ2) is 8.29. The van der Waals surface area contributed by atoms with Gasteiger partial charge in [-0.15, -0.1) is 11.3 Å². The minimum atomic E-state index is -0.203. The third kappa shape index (κ3) is 4.92. The lowest BCUT2D eigenvalue weighted by Gasteiger charge is -2.31. The molecule has 1 fully saturated rings. The first-order chi connectivity index (χ1) is 11.0. The molecule has 128 valence electrons. The van der Waals surface area contributed by atoms with Crippen molar-refractivity contribution in [1.29, 1.82) is 0 Å². The minimum absolute atomic E-state index is 0.0154. The van der Waals surface area contributed by atoms with Crippen LogP contribution in [0.15, 0.2) is 6.20 Å². The van der Waals surface area contributed by atoms with E-state index in [1.165, 1.54) is 4.88 Å². The van der Waals surface area contributed by atoms with Gasteiger partial charge >= 0.3 is 6.03 Å². The van der Waals surface area contributed by atoms with E-state index in [1.807, 2.05) is 20.0 Å². The molecule has 0 spiro atoms. The molecule has 23 heavy (non-hydrogen) atoms. The van der Waals surface area contributed by atoms with Gasteiger partial charge in [-0.2, -0.15) is 0 Å². The molecule has 2 rings (SSSR count). The Morgan fingerprint density at radius 3 is 2.78 bits per heavy atom. The third-order valence-electron chi connectivity index (χ3n) is 4.30. The van der Waals surface area contributed by atoms with Gasteiger partial charge < -0.3 is 16.0 Å². The number of nitrogens with one attached hydrogen (secondary N) is 3. The molecule has 3 amide bonds. The predicted octanol–water partition coefficient (Wildman–Crippen LogP) is 2.16. The molecule has 1 aromatic heterocycles. The van der Waals surface area contributed by atoms with Crippen molar-refractivity contribution in [2.45, 2.75) is 51.5 Å². The molecule has 1 heterocycles. The Labute approximate surface area is 141 Å². The average Bonchev–Trinajstić information content (AvgIpc) is 2.99. The standard InChI is InChI=1S/C16H26N4O2S/c1-10(15-18-9-11(2)23-15)8-19-16(22)20-13-7-5-4-6-12(13)14(21)17-3/h9-10,12-13H,4-8H2,1-3H3,(H,17,21)(H2,19,20,22)/t10-,12+,13+/m0/s1. The predicted molar refractivity (Wildman–Crippen MR) is 91.6 cm³/mol. The lowest BCUT2D eigenvalue weighted by Crippen LogP contribution is -2.51. The van der Waals surface area contributed by atoms with Crippen LogP contribution in [0.1, 0.15) is 48.4 Å². The molecule has 0 aromatic carbocycles. The quantitative estimate of drug-likeness (QED) is 0.769. The molecule has 0 saturated heterocycles. The lowest BCUT2D eigenvalue weighted by molar-refractivity contribution is -0.126. The van der Waals surface area contributed by atoms with Gasteiger partial charge in [0.25, 0.3) is 0 Å². The lowest BCUT2D eigenvalue weighted by atomic mass is 9.84. The topological polar surface area (TPSA) is 83.1 Å². The van der Waals surface area contributed by atoms with Crippen molar-refractivity contribution in [3.05, 3.63) is 16.1 Å². The van der Waals surface area contributed by atoms with Gasteiger partial charge in [0.1, 0.15) is 0 Å². The van der Waals surface area contributed by atoms with Gasteiger partial charge in [0.05, 0.1) is 10.9 Å². The highest BCUT2D eigenvalue weighted by Crippen LogP contribution is 2.24. The molecule has 0 unspecified atom stereocenters. The van der Waals surface area contributed by atoms with E-state index in [9.17, 15) is 9.59 Å². The Morgan fingerprint density at radius 1 is 1.39 bits per heavy atom. The Morgan fingerprint density at radius 2 is 2.13 bits per heavy atom. The normalized spacial score (nSPS) is 22.2. The number of aromatic nitrogens is 1. The van der Waals surface area contributed by atoms with Crippen molar-refractivity contribution in [3.63, 3.8) is 0 Å². The van der Waals surface area contributed by atoms with Crippen molar-refractivity contribution in [3.8, 4) is 0 Å². The van der Waals surface area contributed by atoms with Crippen LogP contribution in [0.4, 0.5) is 4.79 Å². The highest BCUT2D eigenvalue weighted by Gasteiger charge is 2.31. The van der Waals surface area contributed by atoms with E-state index < -0.39 is 0 Å². The van der Waals surface area contributed by atoms with Crippen LogP contribution in [-0.4, -0.2) is 36.6 Å². The maximum Gasteiger partial charge on any atom is 0.315 e. The molecule has 3 N–H and O–H groups in total. The average molecular weight is 338 g/mol. The van der Waals surface area contributed by atoms with Crippen molar-refractivity contribution in [2.75, 3.05) is 13.6 Å². The Kier molecular flexibility index (Phi) is 6.38. The van der Waals surface area contributed by atoms with Crippen LogP contribution >= 0.6 is 11.3 Å². The maximum absolute atomic E-state index is 12.1. The van der Waals surface area contributed by atoms with E-state index in [4.69, 9.17) is 0 Å². The summed E-state index contributed by atoms with van der Waals surface area (Å²) in [6.45, 7) is 4.61. The van der Waals surface area contributed by atoms with Crippen molar-refractivity contribution < 1.29 is 9.59 Å². The van der Waals surface area contributed by atoms with E-state index in [2.05, 4.69) is 20.9 Å². The molecule has 3 atom stereocenters. The van der Waals surface area contributed by atoms with Crippen molar-refractivity contribution >= 4 is 23.3 Å². The number of carbonyl (C=O) groups is 2. The second-order valence-corrected chi connectivity index (χ2v) is 7.44. The van der Waals surface area contributed by atoms with E-state index in [-0.39, 0.29) is 29.8 Å². The van der Waals surface area contributed by atoms with Gasteiger partial charge in [0.15, 0.2) is 0 Å². The fourth-order valence-corrected chi connectivity index (χ4v) is 3.78. The van der Waals surface area contributed by atoms with Gasteiger partial charge in [0.2, 0.25) is 5.91 Å². The van der Waals surface area contributed by atoms with Crippen LogP contribution in [0.2, 0.25) is 0 Å². The first kappa shape index (κ1) is 17.7. The van der Waals surface area contributed by atoms with Gasteiger partial charge in [-0.1, -0.05) is 19.8 Å². The summed E-state index contributed by atoms with van der Waals surface area (Å²) in [5, 5.41) is 9.59. The minimum Gasteiger partial charge on any atom is -0.359 e. The first-order valence-corrected chi connectivity index (χ1v) is 9.01. The largest absolute Gasteiger partial charge is 0.359 e. The maximum atomic E-state index is 12.1. The molecule has 1 aliphatic rings. The summed E-state index contributed by atoms with van der Waals surface area (Å²) in [4.78, 5) is 29.6. The van der Waals surface area contributed by atoms with E-state index in [1.54, 1.807) is 18.4 Å². The number of rotatable bonds is 5. The number of carbonyl (C=O) groups excluding carboxylic acids is 2. The summed E-state index contributed by atoms with van der Waals surface area (Å²) < 4.78 is 0. The van der Waals surface area contributed by atoms with Crippen LogP contribution in [0, 0.1) is 12.8 Å². The van der Waals surface area contributed by atoms with Crippen LogP contribution < -0.4 is 16.0 Å². The summed E-state index contributed by atoms with van der Waals surface area (Å²) in [5.41, 5.74) is 0. The fraction of sp³-hybridized carbons (Fsp3) is 0.688. The molecule has 1 aromatic rings. The Balaban J connectivity index is 1.82. The molecular formula is C16H26N4O2S. The number of hydrogen-bond donors (Lipinski definition) is 3. The number of urea groups is 1. The third-order valence-corrected chi connectivity index (χ3v) is 5.44. The second-order valence-electron chi connectivity index (χ2n) is 6.18. The molecule has 6 nitrogen and oxygen atoms in total. The first-order valence-electron chi connectivity index (χ1n) is 8.19. The number of hydrogen-bond acceptors (Lipinski definition) is 4. The van der Waals surface area contributed by atoms with Crippen LogP contribution in [0.3, 0.4) is 0 Å². The fourth-order valence-electron chi connectivity index (χ4n) is 2.96. The summed E-state index contributed by atoms with van der Waals surface area (Å²) in [5.74, 6) is 0.0701. The number of amides is 3. The number of nitrogens with zero attached hydrogens (tertiary/aromatic N) is 1. The summed E-state index contributed by atoms with van der Waals surface area (Å²) in [6, 6.07) is -0.285. The monoisotopic (exact) mass is 338 g/mol. The van der Waals surface area contributed by atoms with Crippen LogP contribution in [0.5, 0.6) is 0 Å². The molecule has 0 bridgehead atoms. The molecule has 7 heteroatoms. The number of aryl methyl sites for hydroxylation is 1. The van der Waals surface area contributed by atoms with E-state index in [0.29, 0.717) is 6.54 Å². The van der Waals surface area contributed by atoms with Gasteiger partial charge in [-0.05, 0) is 19.8 Å². The summed E-state index contributed by atoms with van der Waals surface area (Å²) in [6.07, 6.45) is 5.63. The van der Waals surface area contributed by atoms with Gasteiger partial charge in [0, 0.05) is 36.6 Å². The van der Waals surface area contributed by atoms with Crippen LogP contribution in [-0.2, 0) is 4.79 Å².